The lowest BCUT2D eigenvalue weighted by molar-refractivity contribution is 0.235. The van der Waals surface area contributed by atoms with Crippen molar-refractivity contribution in [2.24, 2.45) is 11.1 Å². The van der Waals surface area contributed by atoms with E-state index >= 15 is 0 Å². The molecule has 1 unspecified atom stereocenters. The van der Waals surface area contributed by atoms with E-state index in [2.05, 4.69) is 24.8 Å². The molecule has 1 aliphatic heterocycles. The van der Waals surface area contributed by atoms with Gasteiger partial charge in [0.05, 0.1) is 11.6 Å². The van der Waals surface area contributed by atoms with Crippen LogP contribution in [0, 0.1) is 16.7 Å². The van der Waals surface area contributed by atoms with Crippen LogP contribution < -0.4 is 10.6 Å². The van der Waals surface area contributed by atoms with Gasteiger partial charge < -0.3 is 10.6 Å². The fraction of sp³-hybridized carbons (Fsp3) is 0.500. The first-order valence-corrected chi connectivity index (χ1v) is 6.03. The van der Waals surface area contributed by atoms with Gasteiger partial charge in [-0.3, -0.25) is 0 Å². The molecule has 90 valence electrons. The molecule has 1 atom stereocenters. The topological polar surface area (TPSA) is 53.0 Å². The highest BCUT2D eigenvalue weighted by atomic mass is 15.2. The number of hydrogen-bond acceptors (Lipinski definition) is 3. The lowest BCUT2D eigenvalue weighted by Crippen LogP contribution is -2.52. The van der Waals surface area contributed by atoms with Crippen LogP contribution in [-0.2, 0) is 0 Å². The van der Waals surface area contributed by atoms with Crippen LogP contribution in [0.25, 0.3) is 0 Å². The first-order valence-electron chi connectivity index (χ1n) is 6.03. The Labute approximate surface area is 103 Å². The quantitative estimate of drug-likeness (QED) is 0.802. The van der Waals surface area contributed by atoms with Crippen LogP contribution in [0.3, 0.4) is 0 Å². The van der Waals surface area contributed by atoms with Gasteiger partial charge in [0, 0.05) is 24.8 Å². The van der Waals surface area contributed by atoms with Crippen LogP contribution in [0.1, 0.15) is 25.8 Å². The average molecular weight is 229 g/mol. The molecule has 3 heteroatoms. The van der Waals surface area contributed by atoms with Crippen molar-refractivity contribution in [2.45, 2.75) is 26.3 Å². The molecule has 0 spiro atoms. The summed E-state index contributed by atoms with van der Waals surface area (Å²) >= 11 is 0. The number of rotatable bonds is 1. The monoisotopic (exact) mass is 229 g/mol. The Morgan fingerprint density at radius 3 is 2.88 bits per heavy atom. The van der Waals surface area contributed by atoms with Crippen LogP contribution in [0.2, 0.25) is 0 Å². The summed E-state index contributed by atoms with van der Waals surface area (Å²) < 4.78 is 0. The summed E-state index contributed by atoms with van der Waals surface area (Å²) in [6.45, 7) is 6.32. The fourth-order valence-corrected chi connectivity index (χ4v) is 2.19. The first kappa shape index (κ1) is 11.9. The molecule has 3 nitrogen and oxygen atoms in total. The van der Waals surface area contributed by atoms with E-state index in [0.29, 0.717) is 5.56 Å². The highest BCUT2D eigenvalue weighted by Crippen LogP contribution is 2.31. The van der Waals surface area contributed by atoms with Crippen LogP contribution >= 0.6 is 0 Å². The molecular weight excluding hydrogens is 210 g/mol. The molecule has 1 saturated heterocycles. The Kier molecular flexibility index (Phi) is 3.08. The minimum Gasteiger partial charge on any atom is -0.370 e. The third kappa shape index (κ3) is 2.42. The van der Waals surface area contributed by atoms with Crippen molar-refractivity contribution < 1.29 is 0 Å². The van der Waals surface area contributed by atoms with Crippen molar-refractivity contribution in [1.29, 1.82) is 5.26 Å². The van der Waals surface area contributed by atoms with Gasteiger partial charge in [0.15, 0.2) is 0 Å². The molecule has 0 aromatic heterocycles. The number of hydrogen-bond donors (Lipinski definition) is 1. The van der Waals surface area contributed by atoms with Gasteiger partial charge in [-0.1, -0.05) is 19.9 Å². The molecule has 2 rings (SSSR count). The lowest BCUT2D eigenvalue weighted by Gasteiger charge is -2.43. The molecule has 0 saturated carbocycles. The summed E-state index contributed by atoms with van der Waals surface area (Å²) in [7, 11) is 0. The van der Waals surface area contributed by atoms with E-state index in [4.69, 9.17) is 11.0 Å². The summed E-state index contributed by atoms with van der Waals surface area (Å²) in [5, 5.41) is 8.90. The second kappa shape index (κ2) is 4.38. The van der Waals surface area contributed by atoms with Gasteiger partial charge in [0.2, 0.25) is 0 Å². The van der Waals surface area contributed by atoms with Gasteiger partial charge in [-0.2, -0.15) is 5.26 Å². The van der Waals surface area contributed by atoms with E-state index in [1.807, 2.05) is 24.3 Å². The minimum absolute atomic E-state index is 0.182. The lowest BCUT2D eigenvalue weighted by atomic mass is 9.78. The number of piperidine rings is 1. The largest absolute Gasteiger partial charge is 0.370 e. The summed E-state index contributed by atoms with van der Waals surface area (Å²) in [6, 6.07) is 10.1. The maximum atomic E-state index is 8.90. The zero-order valence-corrected chi connectivity index (χ0v) is 10.5. The molecule has 1 fully saturated rings. The second-order valence-corrected chi connectivity index (χ2v) is 5.45. The number of nitrogens with two attached hydrogens (primary N) is 1. The van der Waals surface area contributed by atoms with Crippen molar-refractivity contribution >= 4 is 5.69 Å². The Bertz CT molecular complexity index is 445. The SMILES string of the molecule is CC1(C)CCN(c2cccc(C#N)c2)CC1N. The Balaban J connectivity index is 2.17. The predicted octanol–water partition coefficient (Wildman–Crippen LogP) is 2.12. The van der Waals surface area contributed by atoms with Crippen LogP contribution in [-0.4, -0.2) is 19.1 Å². The molecule has 0 radical (unpaired) electrons. The third-order valence-electron chi connectivity index (χ3n) is 3.79. The molecule has 1 aromatic rings. The van der Waals surface area contributed by atoms with Gasteiger partial charge in [0.1, 0.15) is 0 Å². The van der Waals surface area contributed by atoms with E-state index in [1.54, 1.807) is 0 Å². The van der Waals surface area contributed by atoms with Gasteiger partial charge in [-0.15, -0.1) is 0 Å². The molecule has 1 aromatic carbocycles. The van der Waals surface area contributed by atoms with E-state index < -0.39 is 0 Å². The van der Waals surface area contributed by atoms with E-state index in [9.17, 15) is 0 Å². The zero-order valence-electron chi connectivity index (χ0n) is 10.5. The second-order valence-electron chi connectivity index (χ2n) is 5.45. The average Bonchev–Trinajstić information content (AvgIpc) is 2.33. The standard InChI is InChI=1S/C14H19N3/c1-14(2)6-7-17(10-13(14)16)12-5-3-4-11(8-12)9-15/h3-5,8,13H,6-7,10,16H2,1-2H3. The van der Waals surface area contributed by atoms with Crippen molar-refractivity contribution in [3.8, 4) is 6.07 Å². The Hall–Kier alpha value is -1.53. The van der Waals surface area contributed by atoms with Crippen LogP contribution in [0.5, 0.6) is 0 Å². The molecule has 0 amide bonds. The minimum atomic E-state index is 0.182. The summed E-state index contributed by atoms with van der Waals surface area (Å²) in [5.74, 6) is 0. The summed E-state index contributed by atoms with van der Waals surface area (Å²) in [4.78, 5) is 2.27. The predicted molar refractivity (Wildman–Crippen MR) is 69.7 cm³/mol. The molecular formula is C14H19N3. The number of benzene rings is 1. The van der Waals surface area contributed by atoms with Gasteiger partial charge in [-0.05, 0) is 30.0 Å². The zero-order chi connectivity index (χ0) is 12.5. The highest BCUT2D eigenvalue weighted by molar-refractivity contribution is 5.52. The van der Waals surface area contributed by atoms with E-state index in [0.717, 1.165) is 25.2 Å². The maximum Gasteiger partial charge on any atom is 0.0992 e. The maximum absolute atomic E-state index is 8.90. The van der Waals surface area contributed by atoms with E-state index in [1.165, 1.54) is 0 Å². The Morgan fingerprint density at radius 2 is 2.24 bits per heavy atom. The van der Waals surface area contributed by atoms with Gasteiger partial charge in [-0.25, -0.2) is 0 Å². The molecule has 2 N–H and O–H groups in total. The highest BCUT2D eigenvalue weighted by Gasteiger charge is 2.32. The van der Waals surface area contributed by atoms with Crippen molar-refractivity contribution in [3.63, 3.8) is 0 Å². The van der Waals surface area contributed by atoms with Crippen molar-refractivity contribution in [1.82, 2.24) is 0 Å². The number of nitriles is 1. The molecule has 0 bridgehead atoms. The molecule has 1 aliphatic rings. The molecule has 17 heavy (non-hydrogen) atoms. The first-order chi connectivity index (χ1) is 8.03. The van der Waals surface area contributed by atoms with Crippen LogP contribution in [0.15, 0.2) is 24.3 Å². The van der Waals surface area contributed by atoms with Crippen LogP contribution in [0.4, 0.5) is 5.69 Å². The summed E-state index contributed by atoms with van der Waals surface area (Å²) in [5.41, 5.74) is 8.23. The summed E-state index contributed by atoms with van der Waals surface area (Å²) in [6.07, 6.45) is 1.09. The van der Waals surface area contributed by atoms with Gasteiger partial charge >= 0.3 is 0 Å². The normalized spacial score (nSPS) is 23.2. The van der Waals surface area contributed by atoms with Gasteiger partial charge in [0.25, 0.3) is 0 Å². The molecule has 0 aliphatic carbocycles. The smallest absolute Gasteiger partial charge is 0.0992 e. The fourth-order valence-electron chi connectivity index (χ4n) is 2.19. The Morgan fingerprint density at radius 1 is 1.47 bits per heavy atom. The van der Waals surface area contributed by atoms with E-state index in [-0.39, 0.29) is 11.5 Å². The number of nitrogens with zero attached hydrogens (tertiary/aromatic N) is 2. The number of anilines is 1. The van der Waals surface area contributed by atoms with Crippen molar-refractivity contribution in [2.75, 3.05) is 18.0 Å². The molecule has 1 heterocycles. The van der Waals surface area contributed by atoms with Crippen molar-refractivity contribution in [3.05, 3.63) is 29.8 Å². The third-order valence-corrected chi connectivity index (χ3v) is 3.79.